The molecule has 0 spiro atoms. The van der Waals surface area contributed by atoms with Gasteiger partial charge < -0.3 is 15.6 Å². The molecule has 0 aromatic carbocycles. The minimum absolute atomic E-state index is 0.354. The number of hydrogen-bond donors (Lipinski definition) is 4. The monoisotopic (exact) mass is 184 g/mol. The molecule has 0 saturated carbocycles. The van der Waals surface area contributed by atoms with E-state index in [9.17, 15) is 9.59 Å². The Hall–Kier alpha value is -1.40. The molecule has 0 radical (unpaired) electrons. The molecule has 0 bridgehead atoms. The molecular formula is C7H12N4O2. The Morgan fingerprint density at radius 1 is 1.46 bits per heavy atom. The van der Waals surface area contributed by atoms with E-state index in [-0.39, 0.29) is 5.56 Å². The minimum Gasteiger partial charge on any atom is -0.314 e. The molecule has 1 aromatic rings. The fraction of sp³-hybridized carbons (Fsp3) is 0.429. The Morgan fingerprint density at radius 2 is 2.23 bits per heavy atom. The largest absolute Gasteiger partial charge is 0.325 e. The Kier molecular flexibility index (Phi) is 3.41. The van der Waals surface area contributed by atoms with E-state index in [1.54, 1.807) is 7.05 Å². The molecule has 0 atom stereocenters. The van der Waals surface area contributed by atoms with Gasteiger partial charge >= 0.3 is 5.69 Å². The van der Waals surface area contributed by atoms with E-state index in [0.717, 1.165) is 0 Å². The van der Waals surface area contributed by atoms with Crippen molar-refractivity contribution in [2.75, 3.05) is 13.7 Å². The highest BCUT2D eigenvalue weighted by Crippen LogP contribution is 1.81. The molecule has 4 N–H and O–H groups in total. The summed E-state index contributed by atoms with van der Waals surface area (Å²) >= 11 is 0. The van der Waals surface area contributed by atoms with E-state index < -0.39 is 5.69 Å². The number of rotatable bonds is 4. The first-order chi connectivity index (χ1) is 6.24. The second-order valence-corrected chi connectivity index (χ2v) is 2.55. The standard InChI is InChI=1S/C7H12N4O2/c1-8-4-9-2-5-3-10-7(13)11-6(5)12/h3,8-9H,2,4H2,1H3,(H2,10,11,12,13). The van der Waals surface area contributed by atoms with Crippen LogP contribution in [0.25, 0.3) is 0 Å². The topological polar surface area (TPSA) is 89.8 Å². The highest BCUT2D eigenvalue weighted by molar-refractivity contribution is 5.02. The number of aromatic nitrogens is 2. The molecule has 6 heteroatoms. The van der Waals surface area contributed by atoms with E-state index in [4.69, 9.17) is 0 Å². The predicted octanol–water partition coefficient (Wildman–Crippen LogP) is -1.67. The molecule has 0 saturated heterocycles. The van der Waals surface area contributed by atoms with Gasteiger partial charge in [-0.15, -0.1) is 0 Å². The Bertz CT molecular complexity index is 367. The van der Waals surface area contributed by atoms with Crippen LogP contribution in [0.5, 0.6) is 0 Å². The van der Waals surface area contributed by atoms with Gasteiger partial charge in [0.05, 0.1) is 0 Å². The number of nitrogens with one attached hydrogen (secondary N) is 4. The SMILES string of the molecule is CNCNCc1c[nH]c(=O)[nH]c1=O. The van der Waals surface area contributed by atoms with Gasteiger partial charge in [-0.25, -0.2) is 4.79 Å². The van der Waals surface area contributed by atoms with Crippen molar-refractivity contribution >= 4 is 0 Å². The van der Waals surface area contributed by atoms with Crippen LogP contribution in [0.4, 0.5) is 0 Å². The Labute approximate surface area is 74.4 Å². The van der Waals surface area contributed by atoms with Crippen LogP contribution in [0, 0.1) is 0 Å². The molecule has 6 nitrogen and oxygen atoms in total. The van der Waals surface area contributed by atoms with Crippen LogP contribution in [-0.4, -0.2) is 23.7 Å². The normalized spacial score (nSPS) is 10.2. The molecule has 0 fully saturated rings. The van der Waals surface area contributed by atoms with Gasteiger partial charge in [0, 0.05) is 25.0 Å². The second-order valence-electron chi connectivity index (χ2n) is 2.55. The molecule has 1 aromatic heterocycles. The molecule has 1 heterocycles. The zero-order chi connectivity index (χ0) is 9.68. The van der Waals surface area contributed by atoms with Gasteiger partial charge in [-0.2, -0.15) is 0 Å². The zero-order valence-electron chi connectivity index (χ0n) is 7.31. The van der Waals surface area contributed by atoms with E-state index in [2.05, 4.69) is 20.6 Å². The summed E-state index contributed by atoms with van der Waals surface area (Å²) in [5.41, 5.74) is -0.329. The number of aromatic amines is 2. The van der Waals surface area contributed by atoms with Crippen molar-refractivity contribution < 1.29 is 0 Å². The lowest BCUT2D eigenvalue weighted by Gasteiger charge is -2.01. The maximum Gasteiger partial charge on any atom is 0.325 e. The van der Waals surface area contributed by atoms with Crippen molar-refractivity contribution in [2.45, 2.75) is 6.54 Å². The minimum atomic E-state index is -0.484. The van der Waals surface area contributed by atoms with Crippen molar-refractivity contribution in [1.29, 1.82) is 0 Å². The number of hydrogen-bond acceptors (Lipinski definition) is 4. The summed E-state index contributed by atoms with van der Waals surface area (Å²) in [4.78, 5) is 26.3. The van der Waals surface area contributed by atoms with Crippen molar-refractivity contribution in [3.63, 3.8) is 0 Å². The van der Waals surface area contributed by atoms with Gasteiger partial charge in [-0.3, -0.25) is 9.78 Å². The maximum atomic E-state index is 11.1. The maximum absolute atomic E-state index is 11.1. The number of H-pyrrole nitrogens is 2. The third kappa shape index (κ3) is 2.85. The van der Waals surface area contributed by atoms with Crippen molar-refractivity contribution in [1.82, 2.24) is 20.6 Å². The third-order valence-corrected chi connectivity index (χ3v) is 1.51. The summed E-state index contributed by atoms with van der Waals surface area (Å²) < 4.78 is 0. The van der Waals surface area contributed by atoms with Crippen LogP contribution in [0.3, 0.4) is 0 Å². The average molecular weight is 184 g/mol. The van der Waals surface area contributed by atoms with Crippen LogP contribution in [-0.2, 0) is 6.54 Å². The van der Waals surface area contributed by atoms with Gasteiger partial charge in [0.15, 0.2) is 0 Å². The highest BCUT2D eigenvalue weighted by atomic mass is 16.2. The Balaban J connectivity index is 2.67. The third-order valence-electron chi connectivity index (χ3n) is 1.51. The van der Waals surface area contributed by atoms with Crippen molar-refractivity contribution in [3.8, 4) is 0 Å². The Morgan fingerprint density at radius 3 is 2.85 bits per heavy atom. The van der Waals surface area contributed by atoms with Crippen LogP contribution in [0.1, 0.15) is 5.56 Å². The summed E-state index contributed by atoms with van der Waals surface area (Å²) in [6.45, 7) is 1.03. The summed E-state index contributed by atoms with van der Waals surface area (Å²) in [5, 5.41) is 5.83. The fourth-order valence-electron chi connectivity index (χ4n) is 0.891. The van der Waals surface area contributed by atoms with Crippen molar-refractivity contribution in [2.24, 2.45) is 0 Å². The molecule has 0 unspecified atom stereocenters. The second kappa shape index (κ2) is 4.58. The van der Waals surface area contributed by atoms with E-state index in [0.29, 0.717) is 18.8 Å². The fourth-order valence-corrected chi connectivity index (χ4v) is 0.891. The summed E-state index contributed by atoms with van der Waals surface area (Å²) in [6.07, 6.45) is 1.41. The lowest BCUT2D eigenvalue weighted by Crippen LogP contribution is -2.31. The average Bonchev–Trinajstić information content (AvgIpc) is 2.09. The van der Waals surface area contributed by atoms with Crippen LogP contribution in [0.2, 0.25) is 0 Å². The van der Waals surface area contributed by atoms with Crippen LogP contribution < -0.4 is 21.9 Å². The molecule has 13 heavy (non-hydrogen) atoms. The first-order valence-corrected chi connectivity index (χ1v) is 3.90. The lowest BCUT2D eigenvalue weighted by molar-refractivity contribution is 0.626. The van der Waals surface area contributed by atoms with E-state index in [1.165, 1.54) is 6.20 Å². The molecule has 0 aliphatic rings. The smallest absolute Gasteiger partial charge is 0.314 e. The molecule has 0 amide bonds. The lowest BCUT2D eigenvalue weighted by atomic mass is 10.3. The van der Waals surface area contributed by atoms with Gasteiger partial charge in [-0.05, 0) is 7.05 Å². The van der Waals surface area contributed by atoms with Crippen LogP contribution >= 0.6 is 0 Å². The first-order valence-electron chi connectivity index (χ1n) is 3.90. The van der Waals surface area contributed by atoms with Gasteiger partial charge in [0.1, 0.15) is 0 Å². The van der Waals surface area contributed by atoms with Crippen LogP contribution in [0.15, 0.2) is 15.8 Å². The van der Waals surface area contributed by atoms with E-state index >= 15 is 0 Å². The van der Waals surface area contributed by atoms with Gasteiger partial charge in [0.2, 0.25) is 0 Å². The molecule has 72 valence electrons. The molecule has 0 aliphatic heterocycles. The summed E-state index contributed by atoms with van der Waals surface area (Å²) in [6, 6.07) is 0. The molecule has 1 rings (SSSR count). The highest BCUT2D eigenvalue weighted by Gasteiger charge is 1.97. The first kappa shape index (κ1) is 9.69. The molecular weight excluding hydrogens is 172 g/mol. The predicted molar refractivity (Wildman–Crippen MR) is 48.4 cm³/mol. The quantitative estimate of drug-likeness (QED) is 0.333. The van der Waals surface area contributed by atoms with Gasteiger partial charge in [-0.1, -0.05) is 0 Å². The summed E-state index contributed by atoms with van der Waals surface area (Å²) in [7, 11) is 1.80. The molecule has 0 aliphatic carbocycles. The summed E-state index contributed by atoms with van der Waals surface area (Å²) in [5.74, 6) is 0. The van der Waals surface area contributed by atoms with Crippen molar-refractivity contribution in [3.05, 3.63) is 32.6 Å². The van der Waals surface area contributed by atoms with E-state index in [1.807, 2.05) is 0 Å². The zero-order valence-corrected chi connectivity index (χ0v) is 7.31. The van der Waals surface area contributed by atoms with Gasteiger partial charge in [0.25, 0.3) is 5.56 Å².